The highest BCUT2D eigenvalue weighted by atomic mass is 19.4. The molecule has 0 saturated carbocycles. The van der Waals surface area contributed by atoms with Crippen molar-refractivity contribution in [3.05, 3.63) is 29.1 Å². The first-order valence-electron chi connectivity index (χ1n) is 5.34. The molecule has 0 unspecified atom stereocenters. The number of esters is 1. The normalized spacial score (nSPS) is 12.3. The van der Waals surface area contributed by atoms with E-state index in [2.05, 4.69) is 9.72 Å². The zero-order valence-corrected chi connectivity index (χ0v) is 10.1. The van der Waals surface area contributed by atoms with E-state index in [0.29, 0.717) is 6.20 Å². The van der Waals surface area contributed by atoms with Crippen molar-refractivity contribution in [3.63, 3.8) is 0 Å². The first kappa shape index (κ1) is 16.3. The van der Waals surface area contributed by atoms with Crippen LogP contribution < -0.4 is 0 Å². The van der Waals surface area contributed by atoms with Gasteiger partial charge < -0.3 is 4.74 Å². The number of carbonyl (C=O) groups is 1. The molecule has 0 bridgehead atoms. The Hall–Kier alpha value is -1.80. The summed E-state index contributed by atoms with van der Waals surface area (Å²) in [5, 5.41) is 0. The molecule has 1 aromatic rings. The second-order valence-electron chi connectivity index (χ2n) is 3.70. The predicted molar refractivity (Wildman–Crippen MR) is 54.6 cm³/mol. The minimum atomic E-state index is -5.25. The van der Waals surface area contributed by atoms with Crippen LogP contribution in [0.1, 0.15) is 23.6 Å². The standard InChI is InChI=1S/C11H9F6NO2/c1-2-20-8(19)3-6-4-18-5-7(10(12,13)14)9(6)11(15,16)17/h4-5H,2-3H2,1H3. The van der Waals surface area contributed by atoms with E-state index in [1.807, 2.05) is 0 Å². The summed E-state index contributed by atoms with van der Waals surface area (Å²) in [6.07, 6.45) is -10.7. The van der Waals surface area contributed by atoms with Gasteiger partial charge in [-0.25, -0.2) is 0 Å². The Morgan fingerprint density at radius 3 is 2.20 bits per heavy atom. The fourth-order valence-electron chi connectivity index (χ4n) is 1.56. The van der Waals surface area contributed by atoms with Gasteiger partial charge in [0.1, 0.15) is 0 Å². The zero-order chi connectivity index (χ0) is 15.6. The van der Waals surface area contributed by atoms with Gasteiger partial charge in [0.05, 0.1) is 24.2 Å². The topological polar surface area (TPSA) is 39.2 Å². The van der Waals surface area contributed by atoms with Crippen molar-refractivity contribution >= 4 is 5.97 Å². The Morgan fingerprint density at radius 2 is 1.75 bits per heavy atom. The fraction of sp³-hybridized carbons (Fsp3) is 0.455. The Labute approximate surface area is 109 Å². The van der Waals surface area contributed by atoms with Crippen LogP contribution in [0.5, 0.6) is 0 Å². The molecule has 3 nitrogen and oxygen atoms in total. The molecule has 20 heavy (non-hydrogen) atoms. The van der Waals surface area contributed by atoms with Crippen LogP contribution in [0.4, 0.5) is 26.3 Å². The van der Waals surface area contributed by atoms with E-state index >= 15 is 0 Å². The highest BCUT2D eigenvalue weighted by Crippen LogP contribution is 2.41. The first-order valence-corrected chi connectivity index (χ1v) is 5.34. The molecular weight excluding hydrogens is 292 g/mol. The van der Waals surface area contributed by atoms with E-state index in [4.69, 9.17) is 0 Å². The van der Waals surface area contributed by atoms with Crippen molar-refractivity contribution in [3.8, 4) is 0 Å². The number of pyridine rings is 1. The summed E-state index contributed by atoms with van der Waals surface area (Å²) in [5.41, 5.74) is -4.70. The molecule has 0 aliphatic heterocycles. The summed E-state index contributed by atoms with van der Waals surface area (Å²) in [6, 6.07) is 0. The second kappa shape index (κ2) is 5.68. The van der Waals surface area contributed by atoms with Gasteiger partial charge in [-0.3, -0.25) is 9.78 Å². The van der Waals surface area contributed by atoms with Gasteiger partial charge >= 0.3 is 18.3 Å². The predicted octanol–water partition coefficient (Wildman–Crippen LogP) is 3.22. The van der Waals surface area contributed by atoms with E-state index < -0.39 is 41.4 Å². The molecule has 0 amide bonds. The minimum Gasteiger partial charge on any atom is -0.466 e. The van der Waals surface area contributed by atoms with Gasteiger partial charge in [0.25, 0.3) is 0 Å². The highest BCUT2D eigenvalue weighted by Gasteiger charge is 2.45. The molecule has 1 aromatic heterocycles. The molecule has 0 spiro atoms. The van der Waals surface area contributed by atoms with Crippen LogP contribution in [0, 0.1) is 0 Å². The second-order valence-corrected chi connectivity index (χ2v) is 3.70. The quantitative estimate of drug-likeness (QED) is 0.635. The van der Waals surface area contributed by atoms with Crippen molar-refractivity contribution in [2.45, 2.75) is 25.7 Å². The minimum absolute atomic E-state index is 0.0808. The molecule has 0 aliphatic carbocycles. The Bertz CT molecular complexity index is 495. The van der Waals surface area contributed by atoms with Gasteiger partial charge in [0, 0.05) is 12.4 Å². The van der Waals surface area contributed by atoms with Crippen LogP contribution in [0.3, 0.4) is 0 Å². The van der Waals surface area contributed by atoms with Gasteiger partial charge in [-0.15, -0.1) is 0 Å². The van der Waals surface area contributed by atoms with Gasteiger partial charge in [-0.05, 0) is 12.5 Å². The molecule has 0 aromatic carbocycles. The van der Waals surface area contributed by atoms with E-state index in [9.17, 15) is 31.1 Å². The maximum absolute atomic E-state index is 12.8. The average Bonchev–Trinajstić information content (AvgIpc) is 2.26. The van der Waals surface area contributed by atoms with E-state index in [0.717, 1.165) is 0 Å². The summed E-state index contributed by atoms with van der Waals surface area (Å²) >= 11 is 0. The SMILES string of the molecule is CCOC(=O)Cc1cncc(C(F)(F)F)c1C(F)(F)F. The average molecular weight is 301 g/mol. The van der Waals surface area contributed by atoms with E-state index in [1.165, 1.54) is 6.92 Å². The lowest BCUT2D eigenvalue weighted by molar-refractivity contribution is -0.163. The Morgan fingerprint density at radius 1 is 1.15 bits per heavy atom. The number of hydrogen-bond acceptors (Lipinski definition) is 3. The van der Waals surface area contributed by atoms with Gasteiger partial charge in [0.15, 0.2) is 0 Å². The van der Waals surface area contributed by atoms with Crippen LogP contribution in [0.15, 0.2) is 12.4 Å². The van der Waals surface area contributed by atoms with Crippen molar-refractivity contribution in [1.82, 2.24) is 4.98 Å². The number of aromatic nitrogens is 1. The van der Waals surface area contributed by atoms with E-state index in [-0.39, 0.29) is 12.8 Å². The molecule has 0 saturated heterocycles. The maximum atomic E-state index is 12.8. The molecule has 0 radical (unpaired) electrons. The molecule has 1 heterocycles. The molecule has 1 rings (SSSR count). The highest BCUT2D eigenvalue weighted by molar-refractivity contribution is 5.73. The Balaban J connectivity index is 3.35. The van der Waals surface area contributed by atoms with Crippen molar-refractivity contribution in [2.24, 2.45) is 0 Å². The number of rotatable bonds is 3. The van der Waals surface area contributed by atoms with Gasteiger partial charge in [-0.2, -0.15) is 26.3 Å². The number of halogens is 6. The molecular formula is C11H9F6NO2. The first-order chi connectivity index (χ1) is 9.07. The summed E-state index contributed by atoms with van der Waals surface area (Å²) in [4.78, 5) is 14.3. The zero-order valence-electron chi connectivity index (χ0n) is 10.1. The van der Waals surface area contributed by atoms with Crippen molar-refractivity contribution in [2.75, 3.05) is 6.61 Å². The third kappa shape index (κ3) is 3.84. The summed E-state index contributed by atoms with van der Waals surface area (Å²) < 4.78 is 80.6. The third-order valence-corrected chi connectivity index (χ3v) is 2.25. The number of hydrogen-bond donors (Lipinski definition) is 0. The number of nitrogens with zero attached hydrogens (tertiary/aromatic N) is 1. The maximum Gasteiger partial charge on any atom is 0.418 e. The number of alkyl halides is 6. The Kier molecular flexibility index (Phi) is 4.61. The van der Waals surface area contributed by atoms with Gasteiger partial charge in [-0.1, -0.05) is 0 Å². The van der Waals surface area contributed by atoms with Gasteiger partial charge in [0.2, 0.25) is 0 Å². The van der Waals surface area contributed by atoms with Crippen LogP contribution in [-0.4, -0.2) is 17.6 Å². The van der Waals surface area contributed by atoms with E-state index in [1.54, 1.807) is 0 Å². The molecule has 0 N–H and O–H groups in total. The lowest BCUT2D eigenvalue weighted by Crippen LogP contribution is -2.21. The fourth-order valence-corrected chi connectivity index (χ4v) is 1.56. The summed E-state index contributed by atoms with van der Waals surface area (Å²) in [6.45, 7) is 1.33. The molecule has 0 fully saturated rings. The summed E-state index contributed by atoms with van der Waals surface area (Å²) in [5.74, 6) is -1.06. The smallest absolute Gasteiger partial charge is 0.418 e. The monoisotopic (exact) mass is 301 g/mol. The summed E-state index contributed by atoms with van der Waals surface area (Å²) in [7, 11) is 0. The van der Waals surface area contributed by atoms with Crippen LogP contribution in [-0.2, 0) is 28.3 Å². The van der Waals surface area contributed by atoms with Crippen molar-refractivity contribution in [1.29, 1.82) is 0 Å². The van der Waals surface area contributed by atoms with Crippen LogP contribution in [0.25, 0.3) is 0 Å². The van der Waals surface area contributed by atoms with Crippen LogP contribution in [0.2, 0.25) is 0 Å². The third-order valence-electron chi connectivity index (χ3n) is 2.25. The molecule has 9 heteroatoms. The number of carbonyl (C=O) groups excluding carboxylic acids is 1. The van der Waals surface area contributed by atoms with Crippen molar-refractivity contribution < 1.29 is 35.9 Å². The lowest BCUT2D eigenvalue weighted by Gasteiger charge is -2.18. The molecule has 0 atom stereocenters. The molecule has 112 valence electrons. The molecule has 0 aliphatic rings. The largest absolute Gasteiger partial charge is 0.466 e. The van der Waals surface area contributed by atoms with Crippen LogP contribution >= 0.6 is 0 Å². The number of ether oxygens (including phenoxy) is 1. The lowest BCUT2D eigenvalue weighted by atomic mass is 10.0.